The first-order valence-electron chi connectivity index (χ1n) is 7.53. The van der Waals surface area contributed by atoms with E-state index in [9.17, 15) is 17.6 Å². The number of hydrogen-bond acceptors (Lipinski definition) is 4. The molecule has 0 aliphatic heterocycles. The number of hydrogen-bond donors (Lipinski definition) is 1. The number of nitrogens with one attached hydrogen (secondary N) is 1. The highest BCUT2D eigenvalue weighted by Gasteiger charge is 2.27. The fourth-order valence-electron chi connectivity index (χ4n) is 2.03. The van der Waals surface area contributed by atoms with E-state index in [0.29, 0.717) is 6.54 Å². The number of amides is 1. The highest BCUT2D eigenvalue weighted by Crippen LogP contribution is 2.26. The van der Waals surface area contributed by atoms with Gasteiger partial charge in [0.2, 0.25) is 5.91 Å². The van der Waals surface area contributed by atoms with Crippen LogP contribution in [0.5, 0.6) is 0 Å². The van der Waals surface area contributed by atoms with Gasteiger partial charge in [-0.2, -0.15) is 0 Å². The summed E-state index contributed by atoms with van der Waals surface area (Å²) in [5.41, 5.74) is 0.246. The number of carbonyl (C=O) groups excluding carboxylic acids is 1. The topological polar surface area (TPSA) is 66.5 Å². The van der Waals surface area contributed by atoms with Gasteiger partial charge in [-0.1, -0.05) is 19.4 Å². The van der Waals surface area contributed by atoms with Gasteiger partial charge in [-0.3, -0.25) is 9.10 Å². The van der Waals surface area contributed by atoms with Gasteiger partial charge in [0.05, 0.1) is 5.69 Å². The molecule has 2 aromatic rings. The Labute approximate surface area is 145 Å². The Balaban J connectivity index is 2.28. The van der Waals surface area contributed by atoms with Gasteiger partial charge in [0.1, 0.15) is 16.6 Å². The minimum Gasteiger partial charge on any atom is -0.355 e. The van der Waals surface area contributed by atoms with Crippen LogP contribution in [0.3, 0.4) is 0 Å². The number of benzene rings is 1. The third kappa shape index (κ3) is 4.55. The van der Waals surface area contributed by atoms with Gasteiger partial charge in [0.25, 0.3) is 10.0 Å². The lowest BCUT2D eigenvalue weighted by molar-refractivity contribution is -0.119. The van der Waals surface area contributed by atoms with Crippen LogP contribution in [-0.4, -0.2) is 27.4 Å². The third-order valence-corrected chi connectivity index (χ3v) is 6.44. The smallest absolute Gasteiger partial charge is 0.274 e. The summed E-state index contributed by atoms with van der Waals surface area (Å²) in [4.78, 5) is 12.1. The lowest BCUT2D eigenvalue weighted by Crippen LogP contribution is -2.40. The number of sulfonamides is 1. The van der Waals surface area contributed by atoms with Crippen molar-refractivity contribution in [1.29, 1.82) is 0 Å². The maximum Gasteiger partial charge on any atom is 0.274 e. The molecule has 2 rings (SSSR count). The molecule has 8 heteroatoms. The van der Waals surface area contributed by atoms with Gasteiger partial charge in [0.15, 0.2) is 0 Å². The Bertz CT molecular complexity index is 759. The normalized spacial score (nSPS) is 11.2. The van der Waals surface area contributed by atoms with Crippen LogP contribution in [0, 0.1) is 5.82 Å². The predicted molar refractivity (Wildman–Crippen MR) is 93.2 cm³/mol. The molecule has 0 unspecified atom stereocenters. The number of unbranched alkanes of at least 4 members (excludes halogenated alkanes) is 1. The zero-order valence-electron chi connectivity index (χ0n) is 13.2. The summed E-state index contributed by atoms with van der Waals surface area (Å²) in [6, 6.07) is 8.13. The van der Waals surface area contributed by atoms with Crippen molar-refractivity contribution in [3.8, 4) is 0 Å². The molecule has 1 heterocycles. The van der Waals surface area contributed by atoms with E-state index in [4.69, 9.17) is 0 Å². The van der Waals surface area contributed by atoms with E-state index in [1.165, 1.54) is 30.3 Å². The standard InChI is InChI=1S/C16H19FN2O3S2/c1-2-3-10-18-15(20)12-19(14-8-6-13(17)7-9-14)24(21,22)16-5-4-11-23-16/h4-9,11H,2-3,10,12H2,1H3,(H,18,20). The fourth-order valence-corrected chi connectivity index (χ4v) is 4.56. The summed E-state index contributed by atoms with van der Waals surface area (Å²) in [7, 11) is -3.88. The molecule has 130 valence electrons. The van der Waals surface area contributed by atoms with Crippen LogP contribution in [-0.2, 0) is 14.8 Å². The molecule has 1 aromatic heterocycles. The van der Waals surface area contributed by atoms with Gasteiger partial charge < -0.3 is 5.32 Å². The predicted octanol–water partition coefficient (Wildman–Crippen LogP) is 3.00. The van der Waals surface area contributed by atoms with Crippen LogP contribution in [0.2, 0.25) is 0 Å². The number of carbonyl (C=O) groups is 1. The first-order chi connectivity index (χ1) is 11.4. The Kier molecular flexibility index (Phi) is 6.33. The number of halogens is 1. The van der Waals surface area contributed by atoms with Gasteiger partial charge >= 0.3 is 0 Å². The Morgan fingerprint density at radius 2 is 1.96 bits per heavy atom. The van der Waals surface area contributed by atoms with Gasteiger partial charge in [0, 0.05) is 6.54 Å². The second kappa shape index (κ2) is 8.25. The Morgan fingerprint density at radius 1 is 1.25 bits per heavy atom. The summed E-state index contributed by atoms with van der Waals surface area (Å²) < 4.78 is 39.9. The Hall–Kier alpha value is -1.93. The first-order valence-corrected chi connectivity index (χ1v) is 9.85. The molecule has 24 heavy (non-hydrogen) atoms. The van der Waals surface area contributed by atoms with Crippen LogP contribution < -0.4 is 9.62 Å². The summed E-state index contributed by atoms with van der Waals surface area (Å²) in [5.74, 6) is -0.868. The van der Waals surface area contributed by atoms with Crippen molar-refractivity contribution < 1.29 is 17.6 Å². The quantitative estimate of drug-likeness (QED) is 0.727. The maximum atomic E-state index is 13.1. The highest BCUT2D eigenvalue weighted by molar-refractivity contribution is 7.94. The molecule has 0 saturated carbocycles. The third-order valence-electron chi connectivity index (χ3n) is 3.29. The van der Waals surface area contributed by atoms with Crippen LogP contribution in [0.25, 0.3) is 0 Å². The van der Waals surface area contributed by atoms with Crippen molar-refractivity contribution >= 4 is 33.0 Å². The summed E-state index contributed by atoms with van der Waals surface area (Å²) in [6.45, 7) is 2.14. The summed E-state index contributed by atoms with van der Waals surface area (Å²) in [5, 5.41) is 4.35. The molecule has 0 aliphatic rings. The molecule has 5 nitrogen and oxygen atoms in total. The molecule has 1 amide bonds. The van der Waals surface area contributed by atoms with E-state index in [2.05, 4.69) is 5.32 Å². The van der Waals surface area contributed by atoms with Crippen molar-refractivity contribution in [2.45, 2.75) is 24.0 Å². The van der Waals surface area contributed by atoms with Crippen LogP contribution >= 0.6 is 11.3 Å². The van der Waals surface area contributed by atoms with E-state index in [1.807, 2.05) is 6.92 Å². The van der Waals surface area contributed by atoms with Gasteiger partial charge in [-0.05, 0) is 42.1 Å². The monoisotopic (exact) mass is 370 g/mol. The number of rotatable bonds is 8. The summed E-state index contributed by atoms with van der Waals surface area (Å²) >= 11 is 1.07. The van der Waals surface area contributed by atoms with Crippen LogP contribution in [0.15, 0.2) is 46.0 Å². The second-order valence-corrected chi connectivity index (χ2v) is 8.16. The molecule has 0 spiro atoms. The zero-order valence-corrected chi connectivity index (χ0v) is 14.9. The summed E-state index contributed by atoms with van der Waals surface area (Å²) in [6.07, 6.45) is 1.75. The SMILES string of the molecule is CCCCNC(=O)CN(c1ccc(F)cc1)S(=O)(=O)c1cccs1. The van der Waals surface area contributed by atoms with Crippen LogP contribution in [0.4, 0.5) is 10.1 Å². The van der Waals surface area contributed by atoms with Gasteiger partial charge in [-0.15, -0.1) is 11.3 Å². The minimum atomic E-state index is -3.88. The maximum absolute atomic E-state index is 13.1. The number of thiophene rings is 1. The van der Waals surface area contributed by atoms with E-state index in [1.54, 1.807) is 11.4 Å². The van der Waals surface area contributed by atoms with Crippen molar-refractivity contribution in [3.05, 3.63) is 47.6 Å². The average Bonchev–Trinajstić information content (AvgIpc) is 3.09. The first kappa shape index (κ1) is 18.4. The molecular formula is C16H19FN2O3S2. The van der Waals surface area contributed by atoms with Crippen molar-refractivity contribution in [3.63, 3.8) is 0 Å². The molecule has 0 saturated heterocycles. The lowest BCUT2D eigenvalue weighted by atomic mass is 10.3. The fraction of sp³-hybridized carbons (Fsp3) is 0.312. The van der Waals surface area contributed by atoms with E-state index in [-0.39, 0.29) is 16.4 Å². The average molecular weight is 370 g/mol. The molecular weight excluding hydrogens is 351 g/mol. The molecule has 0 fully saturated rings. The van der Waals surface area contributed by atoms with E-state index in [0.717, 1.165) is 28.5 Å². The minimum absolute atomic E-state index is 0.133. The lowest BCUT2D eigenvalue weighted by Gasteiger charge is -2.23. The number of anilines is 1. The van der Waals surface area contributed by atoms with Crippen LogP contribution in [0.1, 0.15) is 19.8 Å². The largest absolute Gasteiger partial charge is 0.355 e. The molecule has 1 aromatic carbocycles. The van der Waals surface area contributed by atoms with Crippen molar-refractivity contribution in [2.75, 3.05) is 17.4 Å². The molecule has 0 atom stereocenters. The van der Waals surface area contributed by atoms with E-state index >= 15 is 0 Å². The Morgan fingerprint density at radius 3 is 2.54 bits per heavy atom. The number of nitrogens with zero attached hydrogens (tertiary/aromatic N) is 1. The molecule has 0 bridgehead atoms. The molecule has 1 N–H and O–H groups in total. The zero-order chi connectivity index (χ0) is 17.6. The highest BCUT2D eigenvalue weighted by atomic mass is 32.2. The second-order valence-electron chi connectivity index (χ2n) is 5.12. The van der Waals surface area contributed by atoms with Gasteiger partial charge in [-0.25, -0.2) is 12.8 Å². The molecule has 0 radical (unpaired) electrons. The van der Waals surface area contributed by atoms with E-state index < -0.39 is 21.7 Å². The molecule has 0 aliphatic carbocycles. The van der Waals surface area contributed by atoms with Crippen molar-refractivity contribution in [2.24, 2.45) is 0 Å². The van der Waals surface area contributed by atoms with Crippen molar-refractivity contribution in [1.82, 2.24) is 5.32 Å².